The van der Waals surface area contributed by atoms with Gasteiger partial charge in [-0.05, 0) is 30.3 Å². The first-order valence-corrected chi connectivity index (χ1v) is 10.1. The van der Waals surface area contributed by atoms with Crippen molar-refractivity contribution in [3.63, 3.8) is 0 Å². The Morgan fingerprint density at radius 3 is 2.86 bits per heavy atom. The summed E-state index contributed by atoms with van der Waals surface area (Å²) in [6.45, 7) is 2.05. The summed E-state index contributed by atoms with van der Waals surface area (Å²) in [5.41, 5.74) is 0.697. The van der Waals surface area contributed by atoms with Gasteiger partial charge in [0, 0.05) is 12.6 Å². The molecule has 28 heavy (non-hydrogen) atoms. The van der Waals surface area contributed by atoms with E-state index in [1.165, 1.54) is 28.0 Å². The van der Waals surface area contributed by atoms with Gasteiger partial charge in [-0.1, -0.05) is 36.5 Å². The van der Waals surface area contributed by atoms with E-state index in [9.17, 15) is 9.59 Å². The Hall–Kier alpha value is -2.72. The fourth-order valence-electron chi connectivity index (χ4n) is 2.29. The molecule has 0 radical (unpaired) electrons. The second-order valence-electron chi connectivity index (χ2n) is 5.73. The molecule has 1 amide bonds. The largest absolute Gasteiger partial charge is 0.492 e. The predicted octanol–water partition coefficient (Wildman–Crippen LogP) is 3.19. The molecule has 146 valence electrons. The monoisotopic (exact) mass is 418 g/mol. The molecular weight excluding hydrogens is 400 g/mol. The number of likely N-dealkylation sites (N-methyl/N-ethyl adjacent to an activating group) is 1. The lowest BCUT2D eigenvalue weighted by Gasteiger charge is -2.08. The van der Waals surface area contributed by atoms with E-state index >= 15 is 0 Å². The number of carbonyl (C=O) groups excluding carboxylic acids is 1. The third-order valence-corrected chi connectivity index (χ3v) is 5.75. The number of thioether (sulfide) groups is 1. The molecule has 1 N–H and O–H groups in total. The summed E-state index contributed by atoms with van der Waals surface area (Å²) in [7, 11) is 1.66. The lowest BCUT2D eigenvalue weighted by atomic mass is 10.2. The van der Waals surface area contributed by atoms with Gasteiger partial charge in [0.25, 0.3) is 5.91 Å². The maximum absolute atomic E-state index is 12.6. The summed E-state index contributed by atoms with van der Waals surface area (Å²) >= 11 is 2.64. The Bertz CT molecular complexity index is 955. The molecule has 0 saturated carbocycles. The number of aryl methyl sites for hydroxylation is 1. The predicted molar refractivity (Wildman–Crippen MR) is 109 cm³/mol. The highest BCUT2D eigenvalue weighted by molar-refractivity contribution is 8.18. The molecule has 8 nitrogen and oxygen atoms in total. The van der Waals surface area contributed by atoms with E-state index in [0.717, 1.165) is 11.4 Å². The van der Waals surface area contributed by atoms with Crippen molar-refractivity contribution in [2.24, 2.45) is 4.99 Å². The third-order valence-electron chi connectivity index (χ3n) is 3.73. The quantitative estimate of drug-likeness (QED) is 0.689. The maximum Gasteiger partial charge on any atom is 0.306 e. The number of amides is 1. The number of nitrogens with zero attached hydrogens (tertiary/aromatic N) is 4. The van der Waals surface area contributed by atoms with Crippen LogP contribution in [0.3, 0.4) is 0 Å². The number of rotatable bonds is 7. The molecule has 1 aromatic heterocycles. The minimum atomic E-state index is -0.928. The van der Waals surface area contributed by atoms with Crippen LogP contribution in [0.25, 0.3) is 6.08 Å². The SMILES string of the molecule is CCc1nnc(/N=C2/S/C(=C/c3ccccc3OCCC(=O)O)C(=O)N2C)s1. The fourth-order valence-corrected chi connectivity index (χ4v) is 3.95. The highest BCUT2D eigenvalue weighted by Crippen LogP contribution is 2.35. The lowest BCUT2D eigenvalue weighted by molar-refractivity contribution is -0.137. The van der Waals surface area contributed by atoms with Crippen LogP contribution in [0.4, 0.5) is 5.13 Å². The van der Waals surface area contributed by atoms with Crippen molar-refractivity contribution in [2.45, 2.75) is 19.8 Å². The van der Waals surface area contributed by atoms with Gasteiger partial charge in [0.2, 0.25) is 5.13 Å². The minimum absolute atomic E-state index is 0.0556. The van der Waals surface area contributed by atoms with E-state index < -0.39 is 5.97 Å². The van der Waals surface area contributed by atoms with Gasteiger partial charge < -0.3 is 9.84 Å². The van der Waals surface area contributed by atoms with Crippen LogP contribution in [0.2, 0.25) is 0 Å². The zero-order chi connectivity index (χ0) is 20.1. The van der Waals surface area contributed by atoms with E-state index in [1.54, 1.807) is 25.3 Å². The Labute approximate surface area is 169 Å². The first-order chi connectivity index (χ1) is 13.5. The van der Waals surface area contributed by atoms with Gasteiger partial charge in [0.15, 0.2) is 5.17 Å². The number of amidine groups is 1. The summed E-state index contributed by atoms with van der Waals surface area (Å²) < 4.78 is 5.55. The molecule has 2 aromatic rings. The molecule has 10 heteroatoms. The number of carboxylic acid groups (broad SMARTS) is 1. The Morgan fingerprint density at radius 1 is 1.36 bits per heavy atom. The molecule has 0 bridgehead atoms. The van der Waals surface area contributed by atoms with E-state index in [-0.39, 0.29) is 18.9 Å². The van der Waals surface area contributed by atoms with Gasteiger partial charge in [-0.25, -0.2) is 0 Å². The van der Waals surface area contributed by atoms with Crippen LogP contribution in [0.15, 0.2) is 34.2 Å². The smallest absolute Gasteiger partial charge is 0.306 e. The second kappa shape index (κ2) is 8.98. The number of benzene rings is 1. The highest BCUT2D eigenvalue weighted by Gasteiger charge is 2.31. The number of aliphatic imine (C=N–C) groups is 1. The average molecular weight is 419 g/mol. The number of carboxylic acids is 1. The molecule has 0 unspecified atom stereocenters. The van der Waals surface area contributed by atoms with Gasteiger partial charge in [-0.15, -0.1) is 10.2 Å². The maximum atomic E-state index is 12.6. The van der Waals surface area contributed by atoms with Crippen LogP contribution >= 0.6 is 23.1 Å². The molecule has 1 fully saturated rings. The van der Waals surface area contributed by atoms with Crippen LogP contribution < -0.4 is 4.74 Å². The number of hydrogen-bond acceptors (Lipinski definition) is 8. The summed E-state index contributed by atoms with van der Waals surface area (Å²) in [4.78, 5) is 29.7. The Morgan fingerprint density at radius 2 is 2.14 bits per heavy atom. The number of para-hydroxylation sites is 1. The first kappa shape index (κ1) is 20.0. The lowest BCUT2D eigenvalue weighted by Crippen LogP contribution is -2.23. The van der Waals surface area contributed by atoms with Gasteiger partial charge in [0.05, 0.1) is 17.9 Å². The van der Waals surface area contributed by atoms with Crippen LogP contribution in [0.1, 0.15) is 23.9 Å². The number of aliphatic carboxylic acids is 1. The standard InChI is InChI=1S/C18H18N4O4S2/c1-3-14-20-21-17(28-14)19-18-22(2)16(25)13(27-18)10-11-6-4-5-7-12(11)26-9-8-15(23)24/h4-7,10H,3,8-9H2,1-2H3,(H,23,24)/b13-10+,19-18+. The third kappa shape index (κ3) is 4.76. The van der Waals surface area contributed by atoms with Crippen molar-refractivity contribution in [1.29, 1.82) is 0 Å². The van der Waals surface area contributed by atoms with Gasteiger partial charge in [-0.3, -0.25) is 14.5 Å². The van der Waals surface area contributed by atoms with Crippen molar-refractivity contribution in [2.75, 3.05) is 13.7 Å². The van der Waals surface area contributed by atoms with Gasteiger partial charge in [-0.2, -0.15) is 4.99 Å². The number of aromatic nitrogens is 2. The van der Waals surface area contributed by atoms with E-state index in [1.807, 2.05) is 19.1 Å². The zero-order valence-corrected chi connectivity index (χ0v) is 16.9. The van der Waals surface area contributed by atoms with Gasteiger partial charge in [0.1, 0.15) is 10.8 Å². The van der Waals surface area contributed by atoms with E-state index in [2.05, 4.69) is 15.2 Å². The summed E-state index contributed by atoms with van der Waals surface area (Å²) in [5.74, 6) is -0.582. The summed E-state index contributed by atoms with van der Waals surface area (Å²) in [5, 5.41) is 18.7. The second-order valence-corrected chi connectivity index (χ2v) is 7.78. The van der Waals surface area contributed by atoms with Crippen molar-refractivity contribution in [3.8, 4) is 5.75 Å². The normalized spacial score (nSPS) is 16.9. The Balaban J connectivity index is 1.81. The van der Waals surface area contributed by atoms with Crippen molar-refractivity contribution < 1.29 is 19.4 Å². The van der Waals surface area contributed by atoms with Crippen molar-refractivity contribution in [1.82, 2.24) is 15.1 Å². The average Bonchev–Trinajstić information content (AvgIpc) is 3.23. The molecule has 3 rings (SSSR count). The zero-order valence-electron chi connectivity index (χ0n) is 15.3. The van der Waals surface area contributed by atoms with Crippen LogP contribution in [0, 0.1) is 0 Å². The van der Waals surface area contributed by atoms with Crippen LogP contribution in [0.5, 0.6) is 5.75 Å². The summed E-state index contributed by atoms with van der Waals surface area (Å²) in [6, 6.07) is 7.17. The van der Waals surface area contributed by atoms with Crippen LogP contribution in [-0.2, 0) is 16.0 Å². The van der Waals surface area contributed by atoms with E-state index in [0.29, 0.717) is 26.5 Å². The molecule has 2 heterocycles. The molecule has 1 aliphatic heterocycles. The number of ether oxygens (including phenoxy) is 1. The molecule has 1 saturated heterocycles. The van der Waals surface area contributed by atoms with E-state index in [4.69, 9.17) is 9.84 Å². The number of hydrogen-bond donors (Lipinski definition) is 1. The van der Waals surface area contributed by atoms with Crippen molar-refractivity contribution in [3.05, 3.63) is 39.7 Å². The fraction of sp³-hybridized carbons (Fsp3) is 0.278. The molecule has 1 aromatic carbocycles. The molecule has 0 aliphatic carbocycles. The van der Waals surface area contributed by atoms with Gasteiger partial charge >= 0.3 is 5.97 Å². The highest BCUT2D eigenvalue weighted by atomic mass is 32.2. The first-order valence-electron chi connectivity index (χ1n) is 8.50. The molecule has 0 spiro atoms. The Kier molecular flexibility index (Phi) is 6.42. The molecule has 1 aliphatic rings. The molecular formula is C18H18N4O4S2. The minimum Gasteiger partial charge on any atom is -0.492 e. The van der Waals surface area contributed by atoms with Crippen LogP contribution in [-0.4, -0.2) is 50.9 Å². The molecule has 0 atom stereocenters. The topological polar surface area (TPSA) is 105 Å². The van der Waals surface area contributed by atoms with Crippen molar-refractivity contribution >= 4 is 51.4 Å². The number of carbonyl (C=O) groups is 2. The summed E-state index contributed by atoms with van der Waals surface area (Å²) in [6.07, 6.45) is 2.41.